The third kappa shape index (κ3) is 1.15. The molecule has 1 saturated carbocycles. The molecule has 2 fully saturated rings. The van der Waals surface area contributed by atoms with E-state index in [4.69, 9.17) is 4.74 Å². The average Bonchev–Trinajstić information content (AvgIpc) is 2.62. The Kier molecular flexibility index (Phi) is 1.86. The van der Waals surface area contributed by atoms with Gasteiger partial charge in [-0.05, 0) is 19.3 Å². The highest BCUT2D eigenvalue weighted by Crippen LogP contribution is 2.33. The fourth-order valence-corrected chi connectivity index (χ4v) is 1.97. The number of ether oxygens (including phenoxy) is 2. The predicted molar refractivity (Wildman–Crippen MR) is 42.2 cm³/mol. The summed E-state index contributed by atoms with van der Waals surface area (Å²) in [6.07, 6.45) is 1.39. The van der Waals surface area contributed by atoms with E-state index in [0.29, 0.717) is 0 Å². The maximum absolute atomic E-state index is 11.2. The van der Waals surface area contributed by atoms with Crippen molar-refractivity contribution in [3.8, 4) is 0 Å². The first-order valence-electron chi connectivity index (χ1n) is 4.32. The van der Waals surface area contributed by atoms with Crippen LogP contribution in [0.1, 0.15) is 19.3 Å². The summed E-state index contributed by atoms with van der Waals surface area (Å²) in [5.41, 5.74) is 0. The summed E-state index contributed by atoms with van der Waals surface area (Å²) in [4.78, 5) is 23.4. The molecule has 1 heterocycles. The van der Waals surface area contributed by atoms with Crippen LogP contribution in [-0.2, 0) is 9.47 Å². The van der Waals surface area contributed by atoms with Crippen LogP contribution in [0.25, 0.3) is 0 Å². The van der Waals surface area contributed by atoms with Crippen molar-refractivity contribution in [3.05, 3.63) is 0 Å². The molecule has 0 radical (unpaired) electrons. The molecule has 0 N–H and O–H groups in total. The summed E-state index contributed by atoms with van der Waals surface area (Å²) in [5, 5.41) is 0. The maximum Gasteiger partial charge on any atom is 0.420 e. The molecule has 1 saturated heterocycles. The fourth-order valence-electron chi connectivity index (χ4n) is 1.97. The van der Waals surface area contributed by atoms with Crippen molar-refractivity contribution in [2.75, 3.05) is 7.11 Å². The minimum Gasteiger partial charge on any atom is -0.452 e. The summed E-state index contributed by atoms with van der Waals surface area (Å²) in [6.45, 7) is 0. The zero-order valence-corrected chi connectivity index (χ0v) is 7.36. The first kappa shape index (κ1) is 8.34. The van der Waals surface area contributed by atoms with E-state index in [2.05, 4.69) is 4.74 Å². The number of rotatable bonds is 0. The van der Waals surface area contributed by atoms with E-state index in [-0.39, 0.29) is 12.1 Å². The van der Waals surface area contributed by atoms with Gasteiger partial charge in [0.2, 0.25) is 0 Å². The number of methoxy groups -OCH3 is 1. The molecule has 72 valence electrons. The molecular weight excluding hydrogens is 174 g/mol. The van der Waals surface area contributed by atoms with Crippen molar-refractivity contribution < 1.29 is 19.1 Å². The molecule has 2 unspecified atom stereocenters. The number of fused-ring (bicyclic) bond motifs is 1. The number of hydrogen-bond donors (Lipinski definition) is 0. The second-order valence-electron chi connectivity index (χ2n) is 3.26. The Morgan fingerprint density at radius 2 is 2.38 bits per heavy atom. The number of imide groups is 1. The summed E-state index contributed by atoms with van der Waals surface area (Å²) < 4.78 is 9.51. The van der Waals surface area contributed by atoms with Crippen LogP contribution in [0.2, 0.25) is 0 Å². The molecule has 2 rings (SSSR count). The first-order valence-corrected chi connectivity index (χ1v) is 4.32. The summed E-state index contributed by atoms with van der Waals surface area (Å²) in [7, 11) is 1.26. The second-order valence-corrected chi connectivity index (χ2v) is 3.26. The van der Waals surface area contributed by atoms with Crippen LogP contribution < -0.4 is 0 Å². The van der Waals surface area contributed by atoms with Crippen LogP contribution in [0.4, 0.5) is 9.59 Å². The van der Waals surface area contributed by atoms with Gasteiger partial charge >= 0.3 is 12.2 Å². The van der Waals surface area contributed by atoms with E-state index in [1.165, 1.54) is 7.11 Å². The minimum atomic E-state index is -0.612. The number of carbonyl (C=O) groups is 2. The Morgan fingerprint density at radius 1 is 1.62 bits per heavy atom. The van der Waals surface area contributed by atoms with E-state index in [0.717, 1.165) is 24.2 Å². The summed E-state index contributed by atoms with van der Waals surface area (Å²) in [6, 6.07) is -0.0973. The lowest BCUT2D eigenvalue weighted by atomic mass is 10.2. The van der Waals surface area contributed by atoms with Gasteiger partial charge < -0.3 is 9.47 Å². The second kappa shape index (κ2) is 2.90. The van der Waals surface area contributed by atoms with E-state index in [1.54, 1.807) is 0 Å². The lowest BCUT2D eigenvalue weighted by Gasteiger charge is -2.15. The van der Waals surface area contributed by atoms with Gasteiger partial charge in [0.1, 0.15) is 6.10 Å². The molecule has 2 atom stereocenters. The van der Waals surface area contributed by atoms with E-state index < -0.39 is 12.2 Å². The van der Waals surface area contributed by atoms with Gasteiger partial charge in [0.15, 0.2) is 0 Å². The van der Waals surface area contributed by atoms with Crippen LogP contribution in [0, 0.1) is 0 Å². The standard InChI is InChI=1S/C8H11NO4/c1-12-7(10)9-5-3-2-4-6(5)13-8(9)11/h5-6H,2-4H2,1H3. The molecule has 13 heavy (non-hydrogen) atoms. The SMILES string of the molecule is COC(=O)N1C(=O)OC2CCCC21. The number of carbonyl (C=O) groups excluding carboxylic acids is 2. The van der Waals surface area contributed by atoms with Gasteiger partial charge in [-0.1, -0.05) is 0 Å². The molecule has 0 aromatic rings. The van der Waals surface area contributed by atoms with Crippen LogP contribution in [0.3, 0.4) is 0 Å². The van der Waals surface area contributed by atoms with Gasteiger partial charge in [0.25, 0.3) is 0 Å². The van der Waals surface area contributed by atoms with Gasteiger partial charge in [-0.2, -0.15) is 0 Å². The van der Waals surface area contributed by atoms with Crippen LogP contribution in [0.5, 0.6) is 0 Å². The van der Waals surface area contributed by atoms with Crippen molar-refractivity contribution >= 4 is 12.2 Å². The number of nitrogens with zero attached hydrogens (tertiary/aromatic N) is 1. The van der Waals surface area contributed by atoms with Gasteiger partial charge in [-0.15, -0.1) is 0 Å². The van der Waals surface area contributed by atoms with E-state index in [1.807, 2.05) is 0 Å². The summed E-state index contributed by atoms with van der Waals surface area (Å²) in [5.74, 6) is 0. The van der Waals surface area contributed by atoms with Crippen molar-refractivity contribution in [2.45, 2.75) is 31.4 Å². The lowest BCUT2D eigenvalue weighted by Crippen LogP contribution is -2.38. The quantitative estimate of drug-likeness (QED) is 0.567. The molecule has 0 aromatic heterocycles. The van der Waals surface area contributed by atoms with Crippen LogP contribution in [-0.4, -0.2) is 36.3 Å². The minimum absolute atomic E-state index is 0.0973. The van der Waals surface area contributed by atoms with Crippen LogP contribution >= 0.6 is 0 Å². The van der Waals surface area contributed by atoms with Gasteiger partial charge in [0.05, 0.1) is 13.2 Å². The number of amides is 2. The van der Waals surface area contributed by atoms with Gasteiger partial charge in [0, 0.05) is 0 Å². The summed E-state index contributed by atoms with van der Waals surface area (Å²) >= 11 is 0. The Labute approximate surface area is 75.6 Å². The Hall–Kier alpha value is -1.26. The van der Waals surface area contributed by atoms with E-state index >= 15 is 0 Å². The Morgan fingerprint density at radius 3 is 3.08 bits per heavy atom. The molecule has 0 bridgehead atoms. The topological polar surface area (TPSA) is 55.8 Å². The van der Waals surface area contributed by atoms with Gasteiger partial charge in [-0.25, -0.2) is 14.5 Å². The third-order valence-electron chi connectivity index (χ3n) is 2.57. The van der Waals surface area contributed by atoms with Crippen LogP contribution in [0.15, 0.2) is 0 Å². The molecule has 0 spiro atoms. The molecule has 5 nitrogen and oxygen atoms in total. The molecule has 0 aromatic carbocycles. The van der Waals surface area contributed by atoms with Crippen molar-refractivity contribution in [2.24, 2.45) is 0 Å². The number of hydrogen-bond acceptors (Lipinski definition) is 4. The Balaban J connectivity index is 2.16. The highest BCUT2D eigenvalue weighted by atomic mass is 16.6. The van der Waals surface area contributed by atoms with E-state index in [9.17, 15) is 9.59 Å². The highest BCUT2D eigenvalue weighted by molar-refractivity contribution is 5.89. The third-order valence-corrected chi connectivity index (χ3v) is 2.57. The molecular formula is C8H11NO4. The maximum atomic E-state index is 11.2. The lowest BCUT2D eigenvalue weighted by molar-refractivity contribution is 0.116. The normalized spacial score (nSPS) is 31.5. The molecule has 1 aliphatic carbocycles. The van der Waals surface area contributed by atoms with Crippen molar-refractivity contribution in [1.82, 2.24) is 4.90 Å². The van der Waals surface area contributed by atoms with Crippen molar-refractivity contribution in [1.29, 1.82) is 0 Å². The smallest absolute Gasteiger partial charge is 0.420 e. The Bertz CT molecular complexity index is 245. The van der Waals surface area contributed by atoms with Gasteiger partial charge in [-0.3, -0.25) is 0 Å². The zero-order chi connectivity index (χ0) is 9.42. The highest BCUT2D eigenvalue weighted by Gasteiger charge is 2.48. The first-order chi connectivity index (χ1) is 6.24. The van der Waals surface area contributed by atoms with Crippen molar-refractivity contribution in [3.63, 3.8) is 0 Å². The largest absolute Gasteiger partial charge is 0.452 e. The zero-order valence-electron chi connectivity index (χ0n) is 7.36. The monoisotopic (exact) mass is 185 g/mol. The fraction of sp³-hybridized carbons (Fsp3) is 0.750. The average molecular weight is 185 g/mol. The molecule has 2 aliphatic rings. The molecule has 2 amide bonds. The predicted octanol–water partition coefficient (Wildman–Crippen LogP) is 1.13. The molecule has 1 aliphatic heterocycles. The molecule has 5 heteroatoms.